The highest BCUT2D eigenvalue weighted by atomic mass is 16.5. The first-order valence-electron chi connectivity index (χ1n) is 11.2. The lowest BCUT2D eigenvalue weighted by Crippen LogP contribution is -2.36. The number of rotatable bonds is 9. The number of carbonyl (C=O) groups excluding carboxylic acids is 1. The Kier molecular flexibility index (Phi) is 17.4. The van der Waals surface area contributed by atoms with Crippen LogP contribution >= 0.6 is 0 Å². The second-order valence-electron chi connectivity index (χ2n) is 7.57. The smallest absolute Gasteiger partial charge is 0.341 e. The molecule has 0 saturated heterocycles. The molecule has 6 N–H and O–H groups in total. The van der Waals surface area contributed by atoms with Gasteiger partial charge >= 0.3 is 5.97 Å². The van der Waals surface area contributed by atoms with Crippen molar-refractivity contribution in [1.29, 1.82) is 0 Å². The van der Waals surface area contributed by atoms with Crippen LogP contribution in [-0.2, 0) is 9.59 Å². The van der Waals surface area contributed by atoms with Crippen LogP contribution in [0.15, 0.2) is 24.3 Å². The molecule has 1 amide bonds. The Morgan fingerprint density at radius 2 is 1.82 bits per heavy atom. The summed E-state index contributed by atoms with van der Waals surface area (Å²) in [6.45, 7) is 4.55. The van der Waals surface area contributed by atoms with E-state index >= 15 is 0 Å². The molecule has 2 rings (SSSR count). The van der Waals surface area contributed by atoms with Gasteiger partial charge in [0.15, 0.2) is 18.1 Å². The molecular weight excluding hydrogens is 428 g/mol. The van der Waals surface area contributed by atoms with Crippen molar-refractivity contribution in [2.45, 2.75) is 52.0 Å². The number of nitrogens with one attached hydrogen (secondary N) is 1. The quantitative estimate of drug-likeness (QED) is 0.346. The van der Waals surface area contributed by atoms with Crippen LogP contribution in [0.3, 0.4) is 0 Å². The number of aliphatic hydroxyl groups excluding tert-OH is 2. The first-order chi connectivity index (χ1) is 15.8. The number of nitrogens with two attached hydrogens (primary N) is 1. The van der Waals surface area contributed by atoms with Crippen molar-refractivity contribution >= 4 is 18.0 Å². The zero-order valence-corrected chi connectivity index (χ0v) is 20.0. The molecule has 1 aliphatic rings. The first-order valence-corrected chi connectivity index (χ1v) is 11.2. The minimum absolute atomic E-state index is 0.107. The van der Waals surface area contributed by atoms with Crippen LogP contribution in [0.1, 0.15) is 51.5 Å². The Morgan fingerprint density at radius 1 is 1.18 bits per heavy atom. The van der Waals surface area contributed by atoms with Crippen molar-refractivity contribution < 1.29 is 34.4 Å². The number of methoxy groups -OCH3 is 1. The number of ether oxygens (including phenoxy) is 2. The molecule has 0 heterocycles. The Labute approximate surface area is 196 Å². The predicted octanol–water partition coefficient (Wildman–Crippen LogP) is 2.19. The third-order valence-corrected chi connectivity index (χ3v) is 4.69. The van der Waals surface area contributed by atoms with E-state index in [2.05, 4.69) is 12.2 Å². The van der Waals surface area contributed by atoms with Crippen molar-refractivity contribution in [3.8, 4) is 11.5 Å². The van der Waals surface area contributed by atoms with Crippen molar-refractivity contribution in [3.63, 3.8) is 0 Å². The zero-order valence-electron chi connectivity index (χ0n) is 20.0. The second-order valence-corrected chi connectivity index (χ2v) is 7.57. The summed E-state index contributed by atoms with van der Waals surface area (Å²) in [4.78, 5) is 22.6. The fourth-order valence-corrected chi connectivity index (χ4v) is 2.96. The number of carboxylic acid groups (broad SMARTS) is 1. The zero-order chi connectivity index (χ0) is 25.1. The van der Waals surface area contributed by atoms with E-state index < -0.39 is 12.6 Å². The van der Waals surface area contributed by atoms with Crippen LogP contribution in [0.4, 0.5) is 0 Å². The highest BCUT2D eigenvalue weighted by Crippen LogP contribution is 2.28. The number of hydrogen-bond acceptors (Lipinski definition) is 7. The normalized spacial score (nSPS) is 17.2. The third-order valence-electron chi connectivity index (χ3n) is 4.69. The van der Waals surface area contributed by atoms with E-state index in [1.807, 2.05) is 0 Å². The maximum atomic E-state index is 12.0. The highest BCUT2D eigenvalue weighted by molar-refractivity contribution is 5.92. The number of benzene rings is 1. The van der Waals surface area contributed by atoms with E-state index in [0.717, 1.165) is 43.6 Å². The van der Waals surface area contributed by atoms with Gasteiger partial charge in [-0.2, -0.15) is 0 Å². The molecule has 0 aromatic heterocycles. The molecule has 9 nitrogen and oxygen atoms in total. The van der Waals surface area contributed by atoms with Crippen molar-refractivity contribution in [1.82, 2.24) is 5.32 Å². The van der Waals surface area contributed by atoms with E-state index in [1.54, 1.807) is 31.2 Å². The molecule has 1 aromatic carbocycles. The van der Waals surface area contributed by atoms with Crippen LogP contribution < -0.4 is 20.5 Å². The maximum Gasteiger partial charge on any atom is 0.341 e. The molecule has 0 spiro atoms. The monoisotopic (exact) mass is 468 g/mol. The van der Waals surface area contributed by atoms with Crippen LogP contribution in [0.2, 0.25) is 0 Å². The van der Waals surface area contributed by atoms with E-state index in [0.29, 0.717) is 18.0 Å². The van der Waals surface area contributed by atoms with Gasteiger partial charge in [0.05, 0.1) is 7.11 Å². The molecule has 0 atom stereocenters. The van der Waals surface area contributed by atoms with Crippen LogP contribution in [0.25, 0.3) is 6.08 Å². The van der Waals surface area contributed by atoms with Gasteiger partial charge in [-0.15, -0.1) is 0 Å². The maximum absolute atomic E-state index is 12.0. The van der Waals surface area contributed by atoms with Gasteiger partial charge in [0.2, 0.25) is 5.91 Å². The lowest BCUT2D eigenvalue weighted by atomic mass is 9.87. The summed E-state index contributed by atoms with van der Waals surface area (Å²) in [7, 11) is 1.48. The summed E-state index contributed by atoms with van der Waals surface area (Å²) < 4.78 is 10.4. The molecule has 0 bridgehead atoms. The van der Waals surface area contributed by atoms with Gasteiger partial charge in [-0.25, -0.2) is 4.79 Å². The van der Waals surface area contributed by atoms with E-state index in [4.69, 9.17) is 30.5 Å². The molecule has 1 aromatic rings. The Hall–Kier alpha value is -2.62. The largest absolute Gasteiger partial charge is 0.493 e. The summed E-state index contributed by atoms with van der Waals surface area (Å²) in [5.41, 5.74) is 5.75. The topological polar surface area (TPSA) is 151 Å². The summed E-state index contributed by atoms with van der Waals surface area (Å²) >= 11 is 0. The Bertz CT molecular complexity index is 700. The number of hydrogen-bond donors (Lipinski definition) is 5. The molecule has 188 valence electrons. The SMILES string of the molecule is CCO.COc1cc(C=CC(=O)NC2CCC(C)CC2)ccc1OCC(=O)O.NCCCO. The number of aliphatic hydroxyl groups is 2. The number of aliphatic carboxylic acids is 1. The van der Waals surface area contributed by atoms with E-state index in [1.165, 1.54) is 13.2 Å². The highest BCUT2D eigenvalue weighted by Gasteiger charge is 2.18. The molecular formula is C24H40N2O7. The lowest BCUT2D eigenvalue weighted by Gasteiger charge is -2.26. The predicted molar refractivity (Wildman–Crippen MR) is 128 cm³/mol. The Morgan fingerprint density at radius 3 is 2.30 bits per heavy atom. The second kappa shape index (κ2) is 18.9. The number of carboxylic acids is 1. The minimum atomic E-state index is -1.06. The van der Waals surface area contributed by atoms with Gasteiger partial charge in [0.1, 0.15) is 0 Å². The van der Waals surface area contributed by atoms with Crippen molar-refractivity contribution in [2.75, 3.05) is 33.5 Å². The number of carbonyl (C=O) groups is 2. The van der Waals surface area contributed by atoms with Crippen molar-refractivity contribution in [2.24, 2.45) is 11.7 Å². The van der Waals surface area contributed by atoms with Crippen LogP contribution in [-0.4, -0.2) is 66.7 Å². The van der Waals surface area contributed by atoms with E-state index in [-0.39, 0.29) is 25.2 Å². The number of amides is 1. The molecule has 1 fully saturated rings. The van der Waals surface area contributed by atoms with Crippen molar-refractivity contribution in [3.05, 3.63) is 29.8 Å². The fraction of sp³-hybridized carbons (Fsp3) is 0.583. The van der Waals surface area contributed by atoms with Crippen LogP contribution in [0, 0.1) is 5.92 Å². The van der Waals surface area contributed by atoms with Gasteiger partial charge in [0.25, 0.3) is 0 Å². The molecule has 0 radical (unpaired) electrons. The Balaban J connectivity index is 0.00000111. The average molecular weight is 469 g/mol. The molecule has 9 heteroatoms. The summed E-state index contributed by atoms with van der Waals surface area (Å²) in [6.07, 6.45) is 8.30. The fourth-order valence-electron chi connectivity index (χ4n) is 2.96. The summed E-state index contributed by atoms with van der Waals surface area (Å²) in [5.74, 6) is 0.357. The average Bonchev–Trinajstić information content (AvgIpc) is 2.79. The van der Waals surface area contributed by atoms with Gasteiger partial charge in [-0.05, 0) is 75.3 Å². The van der Waals surface area contributed by atoms with Gasteiger partial charge in [0, 0.05) is 25.3 Å². The summed E-state index contributed by atoms with van der Waals surface area (Å²) in [6, 6.07) is 5.33. The molecule has 1 saturated carbocycles. The van der Waals surface area contributed by atoms with Gasteiger partial charge < -0.3 is 35.8 Å². The molecule has 0 aliphatic heterocycles. The minimum Gasteiger partial charge on any atom is -0.493 e. The first kappa shape index (κ1) is 30.4. The summed E-state index contributed by atoms with van der Waals surface area (Å²) in [5, 5.41) is 27.3. The molecule has 1 aliphatic carbocycles. The molecule has 0 unspecified atom stereocenters. The van der Waals surface area contributed by atoms with Crippen LogP contribution in [0.5, 0.6) is 11.5 Å². The van der Waals surface area contributed by atoms with Gasteiger partial charge in [-0.3, -0.25) is 4.79 Å². The molecule has 33 heavy (non-hydrogen) atoms. The lowest BCUT2D eigenvalue weighted by molar-refractivity contribution is -0.139. The third kappa shape index (κ3) is 15.0. The van der Waals surface area contributed by atoms with E-state index in [9.17, 15) is 9.59 Å². The van der Waals surface area contributed by atoms with Gasteiger partial charge in [-0.1, -0.05) is 13.0 Å². The standard InChI is InChI=1S/C19H25NO5.C3H9NO.C2H6O/c1-13-3-7-15(8-4-13)20-18(21)10-6-14-5-9-16(17(11-14)24-2)25-12-19(22)23;4-2-1-3-5;1-2-3/h5-6,9-11,13,15H,3-4,7-8,12H2,1-2H3,(H,20,21)(H,22,23);5H,1-4H2;3H,2H2,1H3.